The van der Waals surface area contributed by atoms with Crippen LogP contribution in [0.5, 0.6) is 5.75 Å². The van der Waals surface area contributed by atoms with E-state index in [-0.39, 0.29) is 12.2 Å². The number of nitrogens with zero attached hydrogens (tertiary/aromatic N) is 2. The van der Waals surface area contributed by atoms with Gasteiger partial charge in [-0.3, -0.25) is 4.98 Å². The van der Waals surface area contributed by atoms with E-state index in [1.807, 2.05) is 6.07 Å². The molecule has 0 radical (unpaired) electrons. The van der Waals surface area contributed by atoms with Gasteiger partial charge in [0, 0.05) is 10.7 Å². The van der Waals surface area contributed by atoms with Gasteiger partial charge in [0.05, 0.1) is 24.2 Å². The molecule has 5 heteroatoms. The normalized spacial score (nSPS) is 12.1. The molecule has 0 saturated heterocycles. The standard InChI is InChI=1S/C8H8BrN3O/c9-5-3-7(13)8(12-4-5)6(11)1-2-10/h3-4,6,13H,1,11H2/t6-/m1/s1. The molecule has 1 aromatic rings. The minimum absolute atomic E-state index is 0.0112. The molecule has 3 N–H and O–H groups in total. The highest BCUT2D eigenvalue weighted by Gasteiger charge is 2.11. The van der Waals surface area contributed by atoms with Crippen LogP contribution < -0.4 is 5.73 Å². The molecule has 4 nitrogen and oxygen atoms in total. The van der Waals surface area contributed by atoms with E-state index in [0.29, 0.717) is 10.2 Å². The number of aromatic nitrogens is 1. The van der Waals surface area contributed by atoms with Crippen LogP contribution in [0.3, 0.4) is 0 Å². The minimum Gasteiger partial charge on any atom is -0.506 e. The molecule has 0 aliphatic rings. The molecule has 0 spiro atoms. The summed E-state index contributed by atoms with van der Waals surface area (Å²) < 4.78 is 0.679. The van der Waals surface area contributed by atoms with E-state index >= 15 is 0 Å². The number of hydrogen-bond donors (Lipinski definition) is 2. The Labute approximate surface area is 84.1 Å². The van der Waals surface area contributed by atoms with Crippen LogP contribution in [0.4, 0.5) is 0 Å². The lowest BCUT2D eigenvalue weighted by molar-refractivity contribution is 0.456. The summed E-state index contributed by atoms with van der Waals surface area (Å²) in [5.74, 6) is 0.0112. The number of rotatable bonds is 2. The second-order valence-electron chi connectivity index (χ2n) is 2.53. The van der Waals surface area contributed by atoms with Crippen molar-refractivity contribution in [3.05, 3.63) is 22.4 Å². The Balaban J connectivity index is 2.96. The fourth-order valence-electron chi connectivity index (χ4n) is 0.920. The first-order chi connectivity index (χ1) is 6.15. The van der Waals surface area contributed by atoms with Gasteiger partial charge in [-0.15, -0.1) is 0 Å². The average molecular weight is 242 g/mol. The van der Waals surface area contributed by atoms with Gasteiger partial charge in [-0.25, -0.2) is 0 Å². The molecule has 1 atom stereocenters. The van der Waals surface area contributed by atoms with Gasteiger partial charge in [0.1, 0.15) is 5.75 Å². The Hall–Kier alpha value is -1.12. The van der Waals surface area contributed by atoms with Crippen molar-refractivity contribution in [2.75, 3.05) is 0 Å². The highest BCUT2D eigenvalue weighted by atomic mass is 79.9. The predicted molar refractivity (Wildman–Crippen MR) is 50.8 cm³/mol. The molecule has 0 bridgehead atoms. The minimum atomic E-state index is -0.530. The first kappa shape index (κ1) is 9.96. The maximum Gasteiger partial charge on any atom is 0.139 e. The summed E-state index contributed by atoms with van der Waals surface area (Å²) in [6, 6.07) is 2.89. The van der Waals surface area contributed by atoms with Crippen LogP contribution in [0.2, 0.25) is 0 Å². The lowest BCUT2D eigenvalue weighted by Gasteiger charge is -2.08. The van der Waals surface area contributed by atoms with Gasteiger partial charge >= 0.3 is 0 Å². The summed E-state index contributed by atoms with van der Waals surface area (Å²) in [7, 11) is 0. The zero-order valence-corrected chi connectivity index (χ0v) is 8.32. The molecule has 0 saturated carbocycles. The molecule has 0 fully saturated rings. The summed E-state index contributed by atoms with van der Waals surface area (Å²) in [5.41, 5.74) is 5.95. The quantitative estimate of drug-likeness (QED) is 0.822. The third-order valence-electron chi connectivity index (χ3n) is 1.53. The van der Waals surface area contributed by atoms with Crippen LogP contribution in [-0.2, 0) is 0 Å². The van der Waals surface area contributed by atoms with Crippen LogP contribution in [-0.4, -0.2) is 10.1 Å². The Morgan fingerprint density at radius 3 is 3.00 bits per heavy atom. The van der Waals surface area contributed by atoms with E-state index < -0.39 is 6.04 Å². The number of halogens is 1. The zero-order chi connectivity index (χ0) is 9.84. The summed E-state index contributed by atoms with van der Waals surface area (Å²) >= 11 is 3.16. The Morgan fingerprint density at radius 2 is 2.46 bits per heavy atom. The van der Waals surface area contributed by atoms with E-state index in [2.05, 4.69) is 20.9 Å². The molecule has 0 unspecified atom stereocenters. The first-order valence-electron chi connectivity index (χ1n) is 3.62. The van der Waals surface area contributed by atoms with Gasteiger partial charge in [0.2, 0.25) is 0 Å². The van der Waals surface area contributed by atoms with Gasteiger partial charge in [0.25, 0.3) is 0 Å². The van der Waals surface area contributed by atoms with Gasteiger partial charge in [-0.05, 0) is 22.0 Å². The van der Waals surface area contributed by atoms with Crippen LogP contribution in [0.15, 0.2) is 16.7 Å². The monoisotopic (exact) mass is 241 g/mol. The van der Waals surface area contributed by atoms with E-state index in [0.717, 1.165) is 0 Å². The number of nitrogens with two attached hydrogens (primary N) is 1. The van der Waals surface area contributed by atoms with Crippen molar-refractivity contribution in [3.63, 3.8) is 0 Å². The second-order valence-corrected chi connectivity index (χ2v) is 3.44. The van der Waals surface area contributed by atoms with E-state index in [1.165, 1.54) is 12.3 Å². The SMILES string of the molecule is N#CC[C@@H](N)c1ncc(Br)cc1O. The van der Waals surface area contributed by atoms with Crippen molar-refractivity contribution in [1.82, 2.24) is 4.98 Å². The molecular weight excluding hydrogens is 234 g/mol. The highest BCUT2D eigenvalue weighted by molar-refractivity contribution is 9.10. The second kappa shape index (κ2) is 4.21. The van der Waals surface area contributed by atoms with E-state index in [4.69, 9.17) is 11.0 Å². The summed E-state index contributed by atoms with van der Waals surface area (Å²) in [6.07, 6.45) is 1.68. The molecule has 0 aliphatic heterocycles. The lowest BCUT2D eigenvalue weighted by Crippen LogP contribution is -2.11. The number of aromatic hydroxyl groups is 1. The molecule has 0 aromatic carbocycles. The zero-order valence-electron chi connectivity index (χ0n) is 6.74. The molecule has 1 heterocycles. The lowest BCUT2D eigenvalue weighted by atomic mass is 10.1. The van der Waals surface area contributed by atoms with Crippen molar-refractivity contribution in [3.8, 4) is 11.8 Å². The molecule has 68 valence electrons. The number of nitriles is 1. The topological polar surface area (TPSA) is 82.9 Å². The highest BCUT2D eigenvalue weighted by Crippen LogP contribution is 2.24. The van der Waals surface area contributed by atoms with Crippen molar-refractivity contribution in [2.24, 2.45) is 5.73 Å². The predicted octanol–water partition coefficient (Wildman–Crippen LogP) is 1.46. The van der Waals surface area contributed by atoms with E-state index in [9.17, 15) is 5.11 Å². The summed E-state index contributed by atoms with van der Waals surface area (Å²) in [4.78, 5) is 3.92. The molecule has 1 rings (SSSR count). The summed E-state index contributed by atoms with van der Waals surface area (Å²) in [6.45, 7) is 0. The van der Waals surface area contributed by atoms with Crippen molar-refractivity contribution in [2.45, 2.75) is 12.5 Å². The van der Waals surface area contributed by atoms with Gasteiger partial charge < -0.3 is 10.8 Å². The van der Waals surface area contributed by atoms with Gasteiger partial charge in [-0.2, -0.15) is 5.26 Å². The van der Waals surface area contributed by atoms with Crippen LogP contribution in [0, 0.1) is 11.3 Å². The average Bonchev–Trinajstić information content (AvgIpc) is 2.04. The van der Waals surface area contributed by atoms with Crippen molar-refractivity contribution in [1.29, 1.82) is 5.26 Å². The maximum absolute atomic E-state index is 9.41. The largest absolute Gasteiger partial charge is 0.506 e. The molecule has 1 aromatic heterocycles. The Bertz CT molecular complexity index is 348. The van der Waals surface area contributed by atoms with Crippen molar-refractivity contribution >= 4 is 15.9 Å². The third-order valence-corrected chi connectivity index (χ3v) is 1.96. The van der Waals surface area contributed by atoms with Crippen molar-refractivity contribution < 1.29 is 5.11 Å². The Morgan fingerprint density at radius 1 is 1.77 bits per heavy atom. The fourth-order valence-corrected chi connectivity index (χ4v) is 1.24. The molecule has 0 amide bonds. The Kier molecular flexibility index (Phi) is 3.23. The third kappa shape index (κ3) is 2.41. The van der Waals surface area contributed by atoms with Gasteiger partial charge in [-0.1, -0.05) is 0 Å². The van der Waals surface area contributed by atoms with Crippen LogP contribution >= 0.6 is 15.9 Å². The molecule has 13 heavy (non-hydrogen) atoms. The first-order valence-corrected chi connectivity index (χ1v) is 4.41. The molecular formula is C8H8BrN3O. The summed E-state index contributed by atoms with van der Waals surface area (Å²) in [5, 5.41) is 17.8. The number of hydrogen-bond acceptors (Lipinski definition) is 4. The van der Waals surface area contributed by atoms with Crippen LogP contribution in [0.1, 0.15) is 18.2 Å². The maximum atomic E-state index is 9.41. The number of pyridine rings is 1. The smallest absolute Gasteiger partial charge is 0.139 e. The molecule has 0 aliphatic carbocycles. The van der Waals surface area contributed by atoms with E-state index in [1.54, 1.807) is 0 Å². The fraction of sp³-hybridized carbons (Fsp3) is 0.250. The van der Waals surface area contributed by atoms with Gasteiger partial charge in [0.15, 0.2) is 0 Å². The van der Waals surface area contributed by atoms with Crippen LogP contribution in [0.25, 0.3) is 0 Å².